The molecule has 1 aliphatic rings. The van der Waals surface area contributed by atoms with E-state index in [0.29, 0.717) is 6.42 Å². The Kier molecular flexibility index (Phi) is 6.07. The van der Waals surface area contributed by atoms with E-state index in [-0.39, 0.29) is 24.8 Å². The normalized spacial score (nSPS) is 22.2. The maximum absolute atomic E-state index is 12.3. The second-order valence-electron chi connectivity index (χ2n) is 6.14. The number of piperidine rings is 1. The summed E-state index contributed by atoms with van der Waals surface area (Å²) in [6.45, 7) is 6.51. The van der Waals surface area contributed by atoms with Crippen molar-refractivity contribution in [2.75, 3.05) is 20.2 Å². The molecule has 1 fully saturated rings. The molecule has 0 aromatic carbocycles. The van der Waals surface area contributed by atoms with Crippen molar-refractivity contribution in [3.8, 4) is 0 Å². The first-order chi connectivity index (χ1) is 8.89. The van der Waals surface area contributed by atoms with E-state index in [0.717, 1.165) is 25.8 Å². The van der Waals surface area contributed by atoms with Gasteiger partial charge in [-0.15, -0.1) is 0 Å². The van der Waals surface area contributed by atoms with Gasteiger partial charge in [-0.3, -0.25) is 0 Å². The predicted octanol–water partition coefficient (Wildman–Crippen LogP) is 1.75. The van der Waals surface area contributed by atoms with Gasteiger partial charge >= 0.3 is 6.09 Å². The second-order valence-corrected chi connectivity index (χ2v) is 6.14. The second kappa shape index (κ2) is 7.10. The Labute approximate surface area is 116 Å². The van der Waals surface area contributed by atoms with Crippen molar-refractivity contribution in [3.63, 3.8) is 0 Å². The molecule has 0 bridgehead atoms. The molecule has 2 N–H and O–H groups in total. The summed E-state index contributed by atoms with van der Waals surface area (Å²) in [5.41, 5.74) is -0.467. The summed E-state index contributed by atoms with van der Waals surface area (Å²) >= 11 is 0. The van der Waals surface area contributed by atoms with E-state index in [2.05, 4.69) is 5.32 Å². The first kappa shape index (κ1) is 16.2. The lowest BCUT2D eigenvalue weighted by Crippen LogP contribution is -2.54. The Morgan fingerprint density at radius 1 is 1.47 bits per heavy atom. The lowest BCUT2D eigenvalue weighted by atomic mass is 9.94. The van der Waals surface area contributed by atoms with Gasteiger partial charge in [0, 0.05) is 19.2 Å². The average molecular weight is 272 g/mol. The zero-order chi connectivity index (χ0) is 14.5. The van der Waals surface area contributed by atoms with Crippen LogP contribution in [0, 0.1) is 0 Å². The average Bonchev–Trinajstić information content (AvgIpc) is 2.34. The Morgan fingerprint density at radius 3 is 2.68 bits per heavy atom. The maximum atomic E-state index is 12.3. The van der Waals surface area contributed by atoms with Crippen molar-refractivity contribution in [2.45, 2.75) is 64.1 Å². The highest BCUT2D eigenvalue weighted by atomic mass is 16.6. The standard InChI is InChI=1S/C14H28N2O3/c1-14(2,3)19-13(18)16-9-6-5-7-12(16)11(15-4)8-10-17/h11-12,15,17H,5-10H2,1-4H3/t11-,12-/m0/s1. The van der Waals surface area contributed by atoms with Gasteiger partial charge in [-0.25, -0.2) is 4.79 Å². The highest BCUT2D eigenvalue weighted by Crippen LogP contribution is 2.23. The van der Waals surface area contributed by atoms with Gasteiger partial charge in [0.2, 0.25) is 0 Å². The molecule has 0 radical (unpaired) electrons. The van der Waals surface area contributed by atoms with E-state index < -0.39 is 5.60 Å². The van der Waals surface area contributed by atoms with Crippen molar-refractivity contribution >= 4 is 6.09 Å². The van der Waals surface area contributed by atoms with Crippen molar-refractivity contribution in [3.05, 3.63) is 0 Å². The van der Waals surface area contributed by atoms with Gasteiger partial charge in [-0.05, 0) is 53.5 Å². The number of carbonyl (C=O) groups is 1. The minimum atomic E-state index is -0.467. The SMILES string of the molecule is CN[C@@H](CCO)[C@@H]1CCCCN1C(=O)OC(C)(C)C. The van der Waals surface area contributed by atoms with Gasteiger partial charge in [0.05, 0.1) is 6.04 Å². The molecule has 1 amide bonds. The number of hydrogen-bond donors (Lipinski definition) is 2. The molecule has 0 saturated carbocycles. The number of hydrogen-bond acceptors (Lipinski definition) is 4. The molecule has 1 aliphatic heterocycles. The fourth-order valence-electron chi connectivity index (χ4n) is 2.59. The number of aliphatic hydroxyl groups is 1. The van der Waals surface area contributed by atoms with Crippen LogP contribution in [-0.4, -0.2) is 54.0 Å². The van der Waals surface area contributed by atoms with Crippen LogP contribution >= 0.6 is 0 Å². The highest BCUT2D eigenvalue weighted by Gasteiger charge is 2.34. The number of nitrogens with one attached hydrogen (secondary N) is 1. The predicted molar refractivity (Wildman–Crippen MR) is 75.1 cm³/mol. The molecule has 0 spiro atoms. The number of nitrogens with zero attached hydrogens (tertiary/aromatic N) is 1. The molecular formula is C14H28N2O3. The minimum Gasteiger partial charge on any atom is -0.444 e. The van der Waals surface area contributed by atoms with E-state index in [1.165, 1.54) is 0 Å². The summed E-state index contributed by atoms with van der Waals surface area (Å²) < 4.78 is 5.48. The van der Waals surface area contributed by atoms with Crippen molar-refractivity contribution in [1.29, 1.82) is 0 Å². The fourth-order valence-corrected chi connectivity index (χ4v) is 2.59. The first-order valence-corrected chi connectivity index (χ1v) is 7.17. The van der Waals surface area contributed by atoms with Crippen molar-refractivity contribution in [1.82, 2.24) is 10.2 Å². The summed E-state index contributed by atoms with van der Waals surface area (Å²) in [6, 6.07) is 0.235. The number of likely N-dealkylation sites (tertiary alicyclic amines) is 1. The number of amides is 1. The van der Waals surface area contributed by atoms with Crippen LogP contribution in [0.2, 0.25) is 0 Å². The molecule has 0 aromatic rings. The quantitative estimate of drug-likeness (QED) is 0.818. The van der Waals surface area contributed by atoms with Crippen molar-refractivity contribution < 1.29 is 14.6 Å². The fraction of sp³-hybridized carbons (Fsp3) is 0.929. The van der Waals surface area contributed by atoms with Crippen LogP contribution in [0.1, 0.15) is 46.5 Å². The highest BCUT2D eigenvalue weighted by molar-refractivity contribution is 5.68. The number of ether oxygens (including phenoxy) is 1. The number of carbonyl (C=O) groups excluding carboxylic acids is 1. The van der Waals surface area contributed by atoms with Gasteiger partial charge in [-0.1, -0.05) is 0 Å². The maximum Gasteiger partial charge on any atom is 0.410 e. The number of likely N-dealkylation sites (N-methyl/N-ethyl adjacent to an activating group) is 1. The zero-order valence-electron chi connectivity index (χ0n) is 12.6. The molecule has 0 unspecified atom stereocenters. The molecule has 112 valence electrons. The van der Waals surface area contributed by atoms with Crippen LogP contribution in [0.4, 0.5) is 4.79 Å². The molecule has 1 heterocycles. The first-order valence-electron chi connectivity index (χ1n) is 7.17. The topological polar surface area (TPSA) is 61.8 Å². The van der Waals surface area contributed by atoms with Crippen LogP contribution in [0.3, 0.4) is 0 Å². The number of aliphatic hydroxyl groups excluding tert-OH is 1. The molecule has 19 heavy (non-hydrogen) atoms. The lowest BCUT2D eigenvalue weighted by Gasteiger charge is -2.40. The molecule has 1 rings (SSSR count). The zero-order valence-corrected chi connectivity index (χ0v) is 12.6. The molecule has 2 atom stereocenters. The van der Waals surface area contributed by atoms with Gasteiger partial charge in [-0.2, -0.15) is 0 Å². The van der Waals surface area contributed by atoms with Gasteiger partial charge in [0.15, 0.2) is 0 Å². The van der Waals surface area contributed by atoms with E-state index >= 15 is 0 Å². The Morgan fingerprint density at radius 2 is 2.16 bits per heavy atom. The van der Waals surface area contributed by atoms with Crippen LogP contribution < -0.4 is 5.32 Å². The van der Waals surface area contributed by atoms with Gasteiger partial charge < -0.3 is 20.1 Å². The van der Waals surface area contributed by atoms with Crippen LogP contribution in [0.5, 0.6) is 0 Å². The molecule has 5 nitrogen and oxygen atoms in total. The lowest BCUT2D eigenvalue weighted by molar-refractivity contribution is 0.00379. The summed E-state index contributed by atoms with van der Waals surface area (Å²) in [7, 11) is 1.88. The summed E-state index contributed by atoms with van der Waals surface area (Å²) in [5, 5.41) is 12.3. The van der Waals surface area contributed by atoms with E-state index in [9.17, 15) is 4.79 Å². The molecule has 1 saturated heterocycles. The van der Waals surface area contributed by atoms with E-state index in [4.69, 9.17) is 9.84 Å². The molecule has 0 aromatic heterocycles. The van der Waals surface area contributed by atoms with Gasteiger partial charge in [0.25, 0.3) is 0 Å². The summed E-state index contributed by atoms with van der Waals surface area (Å²) in [5.74, 6) is 0. The molecular weight excluding hydrogens is 244 g/mol. The van der Waals surface area contributed by atoms with Gasteiger partial charge in [0.1, 0.15) is 5.60 Å². The Bertz CT molecular complexity index is 289. The monoisotopic (exact) mass is 272 g/mol. The summed E-state index contributed by atoms with van der Waals surface area (Å²) in [4.78, 5) is 14.1. The smallest absolute Gasteiger partial charge is 0.410 e. The van der Waals surface area contributed by atoms with Crippen molar-refractivity contribution in [2.24, 2.45) is 0 Å². The Balaban J connectivity index is 2.73. The van der Waals surface area contributed by atoms with Crippen LogP contribution in [0.15, 0.2) is 0 Å². The largest absolute Gasteiger partial charge is 0.444 e. The third-order valence-electron chi connectivity index (χ3n) is 3.45. The Hall–Kier alpha value is -0.810. The third kappa shape index (κ3) is 4.99. The van der Waals surface area contributed by atoms with Crippen LogP contribution in [0.25, 0.3) is 0 Å². The minimum absolute atomic E-state index is 0.112. The molecule has 5 heteroatoms. The van der Waals surface area contributed by atoms with Crippen LogP contribution in [-0.2, 0) is 4.74 Å². The molecule has 0 aliphatic carbocycles. The number of rotatable bonds is 4. The van der Waals surface area contributed by atoms with E-state index in [1.807, 2.05) is 32.7 Å². The van der Waals surface area contributed by atoms with E-state index in [1.54, 1.807) is 0 Å². The summed E-state index contributed by atoms with van der Waals surface area (Å²) in [6.07, 6.45) is 3.51. The third-order valence-corrected chi connectivity index (χ3v) is 3.45.